The molecule has 11 nitrogen and oxygen atoms in total. The molecular formula is C24H31NO10. The molecule has 1 aromatic rings. The molecule has 2 N–H and O–H groups in total. The van der Waals surface area contributed by atoms with E-state index in [9.17, 15) is 29.1 Å². The lowest BCUT2D eigenvalue weighted by Crippen LogP contribution is -2.62. The molecule has 0 radical (unpaired) electrons. The standard InChI is InChI=1S/C24H31NO10/c1-13-10-18(11-14(2)20(13)34-16(4)27)22(29)25-12-19(33-15(3)26)21(35-17(5)28)24(23(30)31)8-6-7-9-32-24/h10-11,19,21H,6-9,12H2,1-5H3,(H,25,29)(H,30,31). The molecule has 35 heavy (non-hydrogen) atoms. The van der Waals surface area contributed by atoms with Crippen LogP contribution in [0.1, 0.15) is 61.5 Å². The number of nitrogens with one attached hydrogen (secondary N) is 1. The van der Waals surface area contributed by atoms with E-state index in [-0.39, 0.29) is 25.1 Å². The van der Waals surface area contributed by atoms with Gasteiger partial charge in [-0.25, -0.2) is 4.79 Å². The molecule has 1 fully saturated rings. The van der Waals surface area contributed by atoms with Gasteiger partial charge in [-0.15, -0.1) is 0 Å². The molecule has 0 aliphatic carbocycles. The molecule has 0 spiro atoms. The van der Waals surface area contributed by atoms with Crippen molar-refractivity contribution in [3.8, 4) is 5.75 Å². The Bertz CT molecular complexity index is 973. The van der Waals surface area contributed by atoms with E-state index in [1.54, 1.807) is 13.8 Å². The van der Waals surface area contributed by atoms with Crippen molar-refractivity contribution in [3.05, 3.63) is 28.8 Å². The second kappa shape index (κ2) is 11.8. The van der Waals surface area contributed by atoms with E-state index in [4.69, 9.17) is 18.9 Å². The lowest BCUT2D eigenvalue weighted by Gasteiger charge is -2.41. The van der Waals surface area contributed by atoms with Crippen LogP contribution in [0.3, 0.4) is 0 Å². The van der Waals surface area contributed by atoms with Crippen LogP contribution < -0.4 is 10.1 Å². The van der Waals surface area contributed by atoms with Gasteiger partial charge in [-0.2, -0.15) is 0 Å². The zero-order valence-electron chi connectivity index (χ0n) is 20.5. The smallest absolute Gasteiger partial charge is 0.340 e. The van der Waals surface area contributed by atoms with Gasteiger partial charge in [-0.3, -0.25) is 19.2 Å². The van der Waals surface area contributed by atoms with Crippen LogP contribution in [0.2, 0.25) is 0 Å². The van der Waals surface area contributed by atoms with Crippen LogP contribution in [0.15, 0.2) is 12.1 Å². The molecule has 1 heterocycles. The Morgan fingerprint density at radius 2 is 1.60 bits per heavy atom. The van der Waals surface area contributed by atoms with Gasteiger partial charge in [0.25, 0.3) is 5.91 Å². The number of esters is 3. The number of hydrogen-bond donors (Lipinski definition) is 2. The fourth-order valence-electron chi connectivity index (χ4n) is 4.09. The van der Waals surface area contributed by atoms with Crippen LogP contribution >= 0.6 is 0 Å². The van der Waals surface area contributed by atoms with Crippen molar-refractivity contribution in [2.45, 2.75) is 71.7 Å². The number of benzene rings is 1. The lowest BCUT2D eigenvalue weighted by atomic mass is 9.85. The summed E-state index contributed by atoms with van der Waals surface area (Å²) < 4.78 is 21.4. The van der Waals surface area contributed by atoms with E-state index in [2.05, 4.69) is 5.32 Å². The number of aryl methyl sites for hydroxylation is 2. The first-order chi connectivity index (χ1) is 16.4. The Kier molecular flexibility index (Phi) is 9.35. The number of carboxylic acid groups (broad SMARTS) is 1. The van der Waals surface area contributed by atoms with Crippen LogP contribution in [0.4, 0.5) is 0 Å². The topological polar surface area (TPSA) is 155 Å². The number of amides is 1. The minimum absolute atomic E-state index is 0.0298. The highest BCUT2D eigenvalue weighted by molar-refractivity contribution is 5.95. The van der Waals surface area contributed by atoms with Crippen LogP contribution in [-0.2, 0) is 33.4 Å². The molecule has 0 saturated carbocycles. The first-order valence-corrected chi connectivity index (χ1v) is 11.2. The number of rotatable bonds is 9. The number of carbonyl (C=O) groups is 5. The zero-order chi connectivity index (χ0) is 26.3. The fourth-order valence-corrected chi connectivity index (χ4v) is 4.09. The highest BCUT2D eigenvalue weighted by atomic mass is 16.6. The van der Waals surface area contributed by atoms with Gasteiger partial charge in [-0.05, 0) is 56.4 Å². The summed E-state index contributed by atoms with van der Waals surface area (Å²) in [6.45, 7) is 6.62. The van der Waals surface area contributed by atoms with Crippen molar-refractivity contribution in [2.75, 3.05) is 13.2 Å². The van der Waals surface area contributed by atoms with Crippen molar-refractivity contribution in [3.63, 3.8) is 0 Å². The highest BCUT2D eigenvalue weighted by Crippen LogP contribution is 2.33. The predicted octanol–water partition coefficient (Wildman–Crippen LogP) is 1.85. The summed E-state index contributed by atoms with van der Waals surface area (Å²) in [5.41, 5.74) is -0.586. The maximum atomic E-state index is 12.9. The molecule has 1 aliphatic heterocycles. The Labute approximate surface area is 203 Å². The molecule has 1 amide bonds. The Morgan fingerprint density at radius 3 is 2.06 bits per heavy atom. The SMILES string of the molecule is CC(=O)Oc1c(C)cc(C(=O)NCC(OC(C)=O)C(OC(C)=O)C2(C(=O)O)CCCCO2)cc1C. The molecule has 3 unspecified atom stereocenters. The molecule has 3 atom stereocenters. The van der Waals surface area contributed by atoms with Crippen molar-refractivity contribution >= 4 is 29.8 Å². The second-order valence-corrected chi connectivity index (χ2v) is 8.42. The van der Waals surface area contributed by atoms with E-state index in [0.29, 0.717) is 29.7 Å². The maximum absolute atomic E-state index is 12.9. The second-order valence-electron chi connectivity index (χ2n) is 8.42. The van der Waals surface area contributed by atoms with Crippen molar-refractivity contribution in [1.29, 1.82) is 0 Å². The van der Waals surface area contributed by atoms with Crippen LogP contribution in [0.5, 0.6) is 5.75 Å². The Balaban J connectivity index is 2.33. The van der Waals surface area contributed by atoms with Gasteiger partial charge < -0.3 is 29.4 Å². The molecule has 2 rings (SSSR count). The Morgan fingerprint density at radius 1 is 1.00 bits per heavy atom. The number of carbonyl (C=O) groups excluding carboxylic acids is 4. The molecule has 11 heteroatoms. The molecular weight excluding hydrogens is 462 g/mol. The quantitative estimate of drug-likeness (QED) is 0.385. The summed E-state index contributed by atoms with van der Waals surface area (Å²) >= 11 is 0. The molecule has 0 aromatic heterocycles. The number of ether oxygens (including phenoxy) is 4. The van der Waals surface area contributed by atoms with Gasteiger partial charge >= 0.3 is 23.9 Å². The molecule has 0 bridgehead atoms. The third-order valence-corrected chi connectivity index (χ3v) is 5.50. The highest BCUT2D eigenvalue weighted by Gasteiger charge is 2.54. The van der Waals surface area contributed by atoms with Gasteiger partial charge in [-0.1, -0.05) is 0 Å². The van der Waals surface area contributed by atoms with Crippen molar-refractivity contribution < 1.29 is 48.0 Å². The van der Waals surface area contributed by atoms with E-state index in [0.717, 1.165) is 13.8 Å². The van der Waals surface area contributed by atoms with Gasteiger partial charge in [0.2, 0.25) is 5.60 Å². The average molecular weight is 494 g/mol. The average Bonchev–Trinajstić information content (AvgIpc) is 2.77. The van der Waals surface area contributed by atoms with Crippen molar-refractivity contribution in [1.82, 2.24) is 5.32 Å². The minimum atomic E-state index is -1.94. The minimum Gasteiger partial charge on any atom is -0.479 e. The lowest BCUT2D eigenvalue weighted by molar-refractivity contribution is -0.219. The van der Waals surface area contributed by atoms with Gasteiger partial charge in [0.05, 0.1) is 6.54 Å². The van der Waals surface area contributed by atoms with E-state index < -0.39 is 47.6 Å². The first-order valence-electron chi connectivity index (χ1n) is 11.2. The molecule has 192 valence electrons. The summed E-state index contributed by atoms with van der Waals surface area (Å²) in [5, 5.41) is 12.6. The summed E-state index contributed by atoms with van der Waals surface area (Å²) in [6, 6.07) is 3.04. The fraction of sp³-hybridized carbons (Fsp3) is 0.542. The number of hydrogen-bond acceptors (Lipinski definition) is 9. The van der Waals surface area contributed by atoms with Crippen LogP contribution in [0, 0.1) is 13.8 Å². The van der Waals surface area contributed by atoms with Crippen LogP contribution in [-0.4, -0.2) is 65.9 Å². The predicted molar refractivity (Wildman–Crippen MR) is 121 cm³/mol. The van der Waals surface area contributed by atoms with E-state index in [1.165, 1.54) is 19.1 Å². The third kappa shape index (κ3) is 7.01. The van der Waals surface area contributed by atoms with Crippen LogP contribution in [0.25, 0.3) is 0 Å². The maximum Gasteiger partial charge on any atom is 0.340 e. The zero-order valence-corrected chi connectivity index (χ0v) is 20.5. The Hall–Kier alpha value is -3.47. The molecule has 1 aromatic carbocycles. The summed E-state index contributed by atoms with van der Waals surface area (Å²) in [4.78, 5) is 60.1. The third-order valence-electron chi connectivity index (χ3n) is 5.50. The molecule has 1 aliphatic rings. The van der Waals surface area contributed by atoms with Gasteiger partial charge in [0.15, 0.2) is 12.2 Å². The molecule has 1 saturated heterocycles. The first kappa shape index (κ1) is 27.8. The van der Waals surface area contributed by atoms with Gasteiger partial charge in [0.1, 0.15) is 5.75 Å². The van der Waals surface area contributed by atoms with Gasteiger partial charge in [0, 0.05) is 32.9 Å². The number of aliphatic carboxylic acids is 1. The van der Waals surface area contributed by atoms with Crippen molar-refractivity contribution in [2.24, 2.45) is 0 Å². The number of carboxylic acids is 1. The summed E-state index contributed by atoms with van der Waals surface area (Å²) in [7, 11) is 0. The largest absolute Gasteiger partial charge is 0.479 e. The summed E-state index contributed by atoms with van der Waals surface area (Å²) in [5.74, 6) is -3.61. The van der Waals surface area contributed by atoms with E-state index in [1.807, 2.05) is 0 Å². The normalized spacial score (nSPS) is 19.1. The monoisotopic (exact) mass is 493 g/mol. The van der Waals surface area contributed by atoms with E-state index >= 15 is 0 Å². The summed E-state index contributed by atoms with van der Waals surface area (Å²) in [6.07, 6.45) is -1.69.